The number of esters is 1. The number of alkyl carbamates (subject to hydrolysis) is 1. The predicted molar refractivity (Wildman–Crippen MR) is 217 cm³/mol. The summed E-state index contributed by atoms with van der Waals surface area (Å²) in [5.74, 6) is -9.50. The molecule has 0 bridgehead atoms. The van der Waals surface area contributed by atoms with Gasteiger partial charge in [0, 0.05) is 12.6 Å². The van der Waals surface area contributed by atoms with Crippen molar-refractivity contribution in [2.45, 2.75) is 44.6 Å². The molecule has 0 spiro atoms. The summed E-state index contributed by atoms with van der Waals surface area (Å²) in [5.41, 5.74) is 0. The minimum absolute atomic E-state index is 0.0168. The number of carbonyl (C=O) groups excluding carboxylic acids is 2. The van der Waals surface area contributed by atoms with E-state index in [9.17, 15) is 27.2 Å². The lowest BCUT2D eigenvalue weighted by Gasteiger charge is -2.18. The monoisotopic (exact) mass is 917 g/mol. The predicted octanol–water partition coefficient (Wildman–Crippen LogP) is 4.35. The van der Waals surface area contributed by atoms with Gasteiger partial charge in [-0.2, -0.15) is 8.78 Å². The Bertz CT molecular complexity index is 1290. The Morgan fingerprint density at radius 3 is 1.22 bits per heavy atom. The number of ether oxygens (including phenoxy) is 14. The van der Waals surface area contributed by atoms with Crippen LogP contribution < -0.4 is 10.1 Å². The molecule has 1 aromatic rings. The van der Waals surface area contributed by atoms with E-state index in [4.69, 9.17) is 61.6 Å². The summed E-state index contributed by atoms with van der Waals surface area (Å²) < 4.78 is 128. The van der Waals surface area contributed by atoms with Crippen molar-refractivity contribution in [3.8, 4) is 5.75 Å². The zero-order valence-electron chi connectivity index (χ0n) is 36.3. The third kappa shape index (κ3) is 32.3. The zero-order valence-corrected chi connectivity index (χ0v) is 36.3. The summed E-state index contributed by atoms with van der Waals surface area (Å²) >= 11 is 0. The molecule has 364 valence electrons. The van der Waals surface area contributed by atoms with E-state index in [1.807, 2.05) is 0 Å². The van der Waals surface area contributed by atoms with E-state index in [0.29, 0.717) is 145 Å². The van der Waals surface area contributed by atoms with E-state index in [1.165, 1.54) is 0 Å². The molecule has 17 nitrogen and oxygen atoms in total. The molecule has 1 atom stereocenters. The molecule has 2 rings (SSSR count). The van der Waals surface area contributed by atoms with Crippen LogP contribution in [-0.4, -0.2) is 183 Å². The van der Waals surface area contributed by atoms with E-state index >= 15 is 0 Å². The first-order chi connectivity index (χ1) is 30.9. The number of hydrogen-bond donors (Lipinski definition) is 1. The second kappa shape index (κ2) is 40.4. The number of carbonyl (C=O) groups is 2. The lowest BCUT2D eigenvalue weighted by Crippen LogP contribution is -2.31. The molecule has 1 aromatic carbocycles. The fourth-order valence-corrected chi connectivity index (χ4v) is 5.14. The van der Waals surface area contributed by atoms with Crippen molar-refractivity contribution in [2.24, 2.45) is 0 Å². The van der Waals surface area contributed by atoms with Gasteiger partial charge in [0.2, 0.25) is 17.4 Å². The highest BCUT2D eigenvalue weighted by atomic mass is 19.2. The van der Waals surface area contributed by atoms with Crippen LogP contribution in [0, 0.1) is 23.3 Å². The Morgan fingerprint density at radius 2 is 0.825 bits per heavy atom. The molecule has 1 amide bonds. The maximum atomic E-state index is 13.6. The maximum absolute atomic E-state index is 13.6. The summed E-state index contributed by atoms with van der Waals surface area (Å²) in [6.45, 7) is 9.42. The highest BCUT2D eigenvalue weighted by Gasteiger charge is 2.23. The number of nitrogens with one attached hydrogen (secondary N) is 1. The van der Waals surface area contributed by atoms with Crippen LogP contribution in [0.2, 0.25) is 0 Å². The van der Waals surface area contributed by atoms with Gasteiger partial charge >= 0.3 is 12.1 Å². The van der Waals surface area contributed by atoms with Gasteiger partial charge in [-0.1, -0.05) is 12.2 Å². The minimum atomic E-state index is -1.80. The SMILES string of the molecule is O=C(CCOCCOCCOCCOCCOCCOCCOCCOCCOCCOCCOCCOCCNC(=O)OC1CCC=CCCC1)Oc1c(F)c(F)cc(F)c1F. The van der Waals surface area contributed by atoms with Gasteiger partial charge in [-0.15, -0.1) is 0 Å². The van der Waals surface area contributed by atoms with Gasteiger partial charge in [0.05, 0.1) is 165 Å². The molecule has 0 radical (unpaired) electrons. The normalized spacial score (nSPS) is 14.1. The smallest absolute Gasteiger partial charge is 0.407 e. The van der Waals surface area contributed by atoms with E-state index in [-0.39, 0.29) is 32.0 Å². The quantitative estimate of drug-likeness (QED) is 0.0245. The summed E-state index contributed by atoms with van der Waals surface area (Å²) in [6.07, 6.45) is 8.28. The van der Waals surface area contributed by atoms with Crippen molar-refractivity contribution in [1.29, 1.82) is 0 Å². The number of halogens is 4. The Balaban J connectivity index is 1.17. The van der Waals surface area contributed by atoms with Crippen LogP contribution in [0.3, 0.4) is 0 Å². The molecule has 63 heavy (non-hydrogen) atoms. The van der Waals surface area contributed by atoms with Crippen molar-refractivity contribution < 1.29 is 93.5 Å². The summed E-state index contributed by atoms with van der Waals surface area (Å²) in [4.78, 5) is 23.6. The van der Waals surface area contributed by atoms with E-state index < -0.39 is 47.5 Å². The lowest BCUT2D eigenvalue weighted by molar-refractivity contribution is -0.136. The zero-order chi connectivity index (χ0) is 45.3. The number of benzene rings is 1. The maximum Gasteiger partial charge on any atom is 0.407 e. The number of rotatable bonds is 41. The largest absolute Gasteiger partial charge is 0.446 e. The molecule has 0 heterocycles. The lowest BCUT2D eigenvalue weighted by atomic mass is 10.0. The van der Waals surface area contributed by atoms with Crippen molar-refractivity contribution in [3.05, 3.63) is 41.5 Å². The number of hydrogen-bond acceptors (Lipinski definition) is 16. The van der Waals surface area contributed by atoms with Gasteiger partial charge in [-0.05, 0) is 32.1 Å². The standard InChI is InChI=1S/C42H67F4NO16/c43-36-34-37(44)40(46)41(39(36)45)63-38(48)8-10-50-12-14-52-16-18-54-20-22-56-24-26-58-28-30-60-32-33-61-31-29-59-27-25-57-23-21-55-19-17-53-15-13-51-11-9-47-42(49)62-35-6-4-2-1-3-5-7-35/h1-2,34-35H,3-33H2,(H,47,49). The summed E-state index contributed by atoms with van der Waals surface area (Å²) in [7, 11) is 0. The summed E-state index contributed by atoms with van der Waals surface area (Å²) in [6, 6.07) is 0.0168. The molecule has 0 saturated carbocycles. The van der Waals surface area contributed by atoms with Crippen LogP contribution in [-0.2, 0) is 66.4 Å². The third-order valence-electron chi connectivity index (χ3n) is 8.34. The van der Waals surface area contributed by atoms with Crippen molar-refractivity contribution >= 4 is 12.1 Å². The Kier molecular flexibility index (Phi) is 36.0. The topological polar surface area (TPSA) is 175 Å². The molecule has 21 heteroatoms. The first kappa shape index (κ1) is 56.1. The van der Waals surface area contributed by atoms with E-state index in [0.717, 1.165) is 32.1 Å². The molecule has 0 aromatic heterocycles. The van der Waals surface area contributed by atoms with Gasteiger partial charge in [-0.25, -0.2) is 13.6 Å². The van der Waals surface area contributed by atoms with Crippen LogP contribution in [0.25, 0.3) is 0 Å². The van der Waals surface area contributed by atoms with Gasteiger partial charge in [0.1, 0.15) is 6.10 Å². The second-order valence-corrected chi connectivity index (χ2v) is 13.3. The van der Waals surface area contributed by atoms with Gasteiger partial charge in [0.15, 0.2) is 11.6 Å². The average Bonchev–Trinajstić information content (AvgIpc) is 3.26. The van der Waals surface area contributed by atoms with E-state index in [1.54, 1.807) is 0 Å². The van der Waals surface area contributed by atoms with Crippen LogP contribution in [0.15, 0.2) is 18.2 Å². The minimum Gasteiger partial charge on any atom is -0.446 e. The molecule has 1 unspecified atom stereocenters. The molecule has 0 saturated heterocycles. The fourth-order valence-electron chi connectivity index (χ4n) is 5.14. The molecular formula is C42H67F4NO16. The van der Waals surface area contributed by atoms with Gasteiger partial charge in [0.25, 0.3) is 0 Å². The Morgan fingerprint density at radius 1 is 0.476 bits per heavy atom. The number of amides is 1. The van der Waals surface area contributed by atoms with Crippen molar-refractivity contribution in [2.75, 3.05) is 165 Å². The Hall–Kier alpha value is -3.06. The molecule has 1 aliphatic carbocycles. The first-order valence-electron chi connectivity index (χ1n) is 21.4. The van der Waals surface area contributed by atoms with Gasteiger partial charge in [-0.3, -0.25) is 4.79 Å². The second-order valence-electron chi connectivity index (χ2n) is 13.3. The molecule has 0 fully saturated rings. The molecule has 0 aliphatic heterocycles. The molecular weight excluding hydrogens is 850 g/mol. The van der Waals surface area contributed by atoms with Crippen LogP contribution in [0.4, 0.5) is 22.4 Å². The van der Waals surface area contributed by atoms with Crippen LogP contribution in [0.5, 0.6) is 5.75 Å². The highest BCUT2D eigenvalue weighted by Crippen LogP contribution is 2.26. The van der Waals surface area contributed by atoms with Crippen LogP contribution in [0.1, 0.15) is 38.5 Å². The Labute approximate surface area is 367 Å². The molecule has 1 aliphatic rings. The van der Waals surface area contributed by atoms with Crippen LogP contribution >= 0.6 is 0 Å². The first-order valence-corrected chi connectivity index (χ1v) is 21.4. The number of allylic oxidation sites excluding steroid dienone is 2. The molecule has 1 N–H and O–H groups in total. The van der Waals surface area contributed by atoms with Gasteiger partial charge < -0.3 is 71.6 Å². The highest BCUT2D eigenvalue weighted by molar-refractivity contribution is 5.72. The van der Waals surface area contributed by atoms with E-state index in [2.05, 4.69) is 22.2 Å². The van der Waals surface area contributed by atoms with Crippen molar-refractivity contribution in [3.63, 3.8) is 0 Å². The van der Waals surface area contributed by atoms with Crippen molar-refractivity contribution in [1.82, 2.24) is 5.32 Å². The third-order valence-corrected chi connectivity index (χ3v) is 8.34. The summed E-state index contributed by atoms with van der Waals surface area (Å²) in [5, 5.41) is 2.73. The average molecular weight is 918 g/mol. The fraction of sp³-hybridized carbons (Fsp3) is 0.762.